The normalized spacial score (nSPS) is 23.6. The van der Waals surface area contributed by atoms with Crippen molar-refractivity contribution in [3.05, 3.63) is 59.2 Å². The number of halogens is 2. The number of carbonyl (C=O) groups excluding carboxylic acids is 1. The monoisotopic (exact) mass is 462 g/mol. The molecule has 0 saturated carbocycles. The van der Waals surface area contributed by atoms with Crippen LogP contribution in [0.4, 0.5) is 11.4 Å². The summed E-state index contributed by atoms with van der Waals surface area (Å²) in [5, 5.41) is 11.5. The van der Waals surface area contributed by atoms with Gasteiger partial charge in [-0.25, -0.2) is 4.84 Å². The molecule has 0 radical (unpaired) electrons. The average Bonchev–Trinajstić information content (AvgIpc) is 3.12. The maximum absolute atomic E-state index is 13.0. The Morgan fingerprint density at radius 1 is 1.23 bits per heavy atom. The lowest BCUT2D eigenvalue weighted by atomic mass is 10.1. The number of amides is 1. The van der Waals surface area contributed by atoms with Crippen molar-refractivity contribution in [1.29, 1.82) is 0 Å². The largest absolute Gasteiger partial charge is 0.350 e. The van der Waals surface area contributed by atoms with Crippen LogP contribution < -0.4 is 26.7 Å². The van der Waals surface area contributed by atoms with Gasteiger partial charge in [0.2, 0.25) is 0 Å². The highest BCUT2D eigenvalue weighted by Crippen LogP contribution is 2.35. The third-order valence-corrected chi connectivity index (χ3v) is 5.88. The van der Waals surface area contributed by atoms with Crippen molar-refractivity contribution in [2.45, 2.75) is 17.9 Å². The van der Waals surface area contributed by atoms with Crippen molar-refractivity contribution in [2.75, 3.05) is 17.1 Å². The molecular formula is C20H20Cl2N6O3. The number of nitrogens with zero attached hydrogens (tertiary/aromatic N) is 2. The fourth-order valence-electron chi connectivity index (χ4n) is 3.68. The Morgan fingerprint density at radius 3 is 2.94 bits per heavy atom. The van der Waals surface area contributed by atoms with Gasteiger partial charge in [-0.2, -0.15) is 10.4 Å². The van der Waals surface area contributed by atoms with E-state index >= 15 is 0 Å². The van der Waals surface area contributed by atoms with Crippen LogP contribution in [0.5, 0.6) is 0 Å². The van der Waals surface area contributed by atoms with Gasteiger partial charge in [-0.15, -0.1) is 16.8 Å². The van der Waals surface area contributed by atoms with Gasteiger partial charge in [0, 0.05) is 30.7 Å². The zero-order chi connectivity index (χ0) is 21.5. The van der Waals surface area contributed by atoms with Crippen molar-refractivity contribution in [2.24, 2.45) is 7.05 Å². The van der Waals surface area contributed by atoms with Gasteiger partial charge >= 0.3 is 0 Å². The number of alkyl halides is 1. The third-order valence-electron chi connectivity index (χ3n) is 5.20. The second kappa shape index (κ2) is 8.29. The zero-order valence-electron chi connectivity index (χ0n) is 16.4. The van der Waals surface area contributed by atoms with Gasteiger partial charge in [0.25, 0.3) is 5.91 Å². The Labute approximate surface area is 188 Å². The molecule has 4 N–H and O–H groups in total. The maximum Gasteiger partial charge on any atom is 0.257 e. The van der Waals surface area contributed by atoms with Crippen LogP contribution in [0.25, 0.3) is 10.9 Å². The molecule has 5 rings (SSSR count). The van der Waals surface area contributed by atoms with Crippen LogP contribution in [0.2, 0.25) is 5.02 Å². The second-order valence-electron chi connectivity index (χ2n) is 7.28. The van der Waals surface area contributed by atoms with Gasteiger partial charge in [0.1, 0.15) is 11.9 Å². The lowest BCUT2D eigenvalue weighted by molar-refractivity contribution is -0.244. The predicted octanol–water partition coefficient (Wildman–Crippen LogP) is 2.68. The Bertz CT molecular complexity index is 1140. The number of hydrogen-bond donors (Lipinski definition) is 4. The van der Waals surface area contributed by atoms with Crippen LogP contribution in [-0.4, -0.2) is 34.9 Å². The van der Waals surface area contributed by atoms with Crippen molar-refractivity contribution >= 4 is 51.4 Å². The number of para-hydroxylation sites is 1. The molecule has 0 spiro atoms. The van der Waals surface area contributed by atoms with Crippen molar-refractivity contribution < 1.29 is 14.6 Å². The van der Waals surface area contributed by atoms with Gasteiger partial charge < -0.3 is 9.88 Å². The first kappa shape index (κ1) is 20.5. The topological polar surface area (TPSA) is 91.8 Å². The van der Waals surface area contributed by atoms with Crippen molar-refractivity contribution in [3.8, 4) is 0 Å². The molecule has 2 aliphatic rings. The summed E-state index contributed by atoms with van der Waals surface area (Å²) in [5.74, 6) is -0.263. The number of fused-ring (bicyclic) bond motifs is 2. The molecule has 3 heterocycles. The molecule has 2 saturated heterocycles. The van der Waals surface area contributed by atoms with E-state index in [2.05, 4.69) is 21.4 Å². The molecule has 1 aromatic heterocycles. The van der Waals surface area contributed by atoms with Gasteiger partial charge in [-0.3, -0.25) is 15.4 Å². The van der Waals surface area contributed by atoms with Crippen LogP contribution in [0.3, 0.4) is 0 Å². The van der Waals surface area contributed by atoms with Gasteiger partial charge in [-0.1, -0.05) is 35.9 Å². The molecule has 3 atom stereocenters. The lowest BCUT2D eigenvalue weighted by Crippen LogP contribution is -2.70. The van der Waals surface area contributed by atoms with Crippen LogP contribution >= 0.6 is 23.2 Å². The van der Waals surface area contributed by atoms with E-state index in [4.69, 9.17) is 33.0 Å². The number of carbonyl (C=O) groups is 1. The number of benzene rings is 2. The predicted molar refractivity (Wildman–Crippen MR) is 118 cm³/mol. The van der Waals surface area contributed by atoms with Crippen LogP contribution in [0, 0.1) is 0 Å². The van der Waals surface area contributed by atoms with Crippen molar-refractivity contribution in [1.82, 2.24) is 20.7 Å². The van der Waals surface area contributed by atoms with E-state index in [0.717, 1.165) is 10.9 Å². The molecule has 9 nitrogen and oxygen atoms in total. The first-order valence-electron chi connectivity index (χ1n) is 9.68. The first-order valence-corrected chi connectivity index (χ1v) is 10.5. The number of anilines is 2. The summed E-state index contributed by atoms with van der Waals surface area (Å²) in [7, 11) is 1.90. The number of hydrogen-bond acceptors (Lipinski definition) is 7. The summed E-state index contributed by atoms with van der Waals surface area (Å²) in [6.45, 7) is 0.521. The SMILES string of the molecule is Cn1cc(C(=O)Nc2cccc(N3ONC4NC(Cl)CNC4O3)c2Cl)c2ccccc21. The summed E-state index contributed by atoms with van der Waals surface area (Å²) in [4.78, 5) is 24.3. The molecule has 3 unspecified atom stereocenters. The lowest BCUT2D eigenvalue weighted by Gasteiger charge is -2.42. The van der Waals surface area contributed by atoms with Crippen LogP contribution in [-0.2, 0) is 16.8 Å². The maximum atomic E-state index is 13.0. The second-order valence-corrected chi connectivity index (χ2v) is 8.18. The molecule has 162 valence electrons. The zero-order valence-corrected chi connectivity index (χ0v) is 17.9. The van der Waals surface area contributed by atoms with Gasteiger partial charge in [0.05, 0.1) is 21.8 Å². The van der Waals surface area contributed by atoms with Gasteiger partial charge in [0.15, 0.2) is 6.23 Å². The fraction of sp³-hybridized carbons (Fsp3) is 0.250. The first-order chi connectivity index (χ1) is 15.0. The quantitative estimate of drug-likeness (QED) is 0.351. The highest BCUT2D eigenvalue weighted by molar-refractivity contribution is 6.36. The number of rotatable bonds is 3. The minimum Gasteiger partial charge on any atom is -0.350 e. The van der Waals surface area contributed by atoms with Crippen LogP contribution in [0.1, 0.15) is 10.4 Å². The molecular weight excluding hydrogens is 443 g/mol. The van der Waals surface area contributed by atoms with E-state index in [9.17, 15) is 4.79 Å². The molecule has 2 aliphatic heterocycles. The Morgan fingerprint density at radius 2 is 2.06 bits per heavy atom. The summed E-state index contributed by atoms with van der Waals surface area (Å²) >= 11 is 12.7. The molecule has 0 bridgehead atoms. The minimum atomic E-state index is -0.422. The summed E-state index contributed by atoms with van der Waals surface area (Å²) < 4.78 is 1.91. The van der Waals surface area contributed by atoms with Crippen molar-refractivity contribution in [3.63, 3.8) is 0 Å². The standard InChI is InChI=1S/C20H20Cl2N6O3/c1-27-10-12(11-5-2-3-7-14(11)27)19(29)24-13-6-4-8-15(17(13)22)28-30-20-18(26-31-28)25-16(21)9-23-20/h2-8,10,16,18,20,23,25-26H,9H2,1H3,(H,24,29). The average molecular weight is 463 g/mol. The number of aryl methyl sites for hydroxylation is 1. The fourth-order valence-corrected chi connectivity index (χ4v) is 4.14. The molecule has 11 heteroatoms. The van der Waals surface area contributed by atoms with E-state index in [-0.39, 0.29) is 22.6 Å². The summed E-state index contributed by atoms with van der Waals surface area (Å²) in [5.41, 5.74) is 4.97. The Kier molecular flexibility index (Phi) is 5.49. The highest BCUT2D eigenvalue weighted by Gasteiger charge is 2.37. The molecule has 1 amide bonds. The number of hydroxylamine groups is 1. The third kappa shape index (κ3) is 3.85. The minimum absolute atomic E-state index is 0.247. The Hall–Kier alpha value is -2.37. The van der Waals surface area contributed by atoms with E-state index in [0.29, 0.717) is 23.5 Å². The number of piperazine rings is 1. The number of nitrogens with one attached hydrogen (secondary N) is 4. The van der Waals surface area contributed by atoms with E-state index in [1.165, 1.54) is 5.23 Å². The number of aromatic nitrogens is 1. The smallest absolute Gasteiger partial charge is 0.257 e. The summed E-state index contributed by atoms with van der Waals surface area (Å²) in [6, 6.07) is 12.9. The molecule has 31 heavy (non-hydrogen) atoms. The van der Waals surface area contributed by atoms with Gasteiger partial charge in [-0.05, 0) is 18.2 Å². The van der Waals surface area contributed by atoms with E-state index < -0.39 is 6.23 Å². The summed E-state index contributed by atoms with van der Waals surface area (Å²) in [6.07, 6.45) is 1.04. The molecule has 2 fully saturated rings. The molecule has 2 aromatic carbocycles. The highest BCUT2D eigenvalue weighted by atomic mass is 35.5. The Balaban J connectivity index is 1.37. The van der Waals surface area contributed by atoms with E-state index in [1.54, 1.807) is 24.4 Å². The molecule has 0 aliphatic carbocycles. The molecule has 3 aromatic rings. The van der Waals surface area contributed by atoms with E-state index in [1.807, 2.05) is 35.9 Å². The van der Waals surface area contributed by atoms with Crippen LogP contribution in [0.15, 0.2) is 48.7 Å².